The highest BCUT2D eigenvalue weighted by atomic mass is 35.5. The summed E-state index contributed by atoms with van der Waals surface area (Å²) in [4.78, 5) is 14.3. The highest BCUT2D eigenvalue weighted by Gasteiger charge is 2.18. The van der Waals surface area contributed by atoms with Crippen LogP contribution in [0.15, 0.2) is 29.8 Å². The molecule has 0 saturated carbocycles. The second-order valence-electron chi connectivity index (χ2n) is 5.65. The third-order valence-electron chi connectivity index (χ3n) is 3.84. The van der Waals surface area contributed by atoms with Crippen LogP contribution in [0.4, 0.5) is 4.39 Å². The quantitative estimate of drug-likeness (QED) is 0.472. The lowest BCUT2D eigenvalue weighted by atomic mass is 10.1. The number of hydrogen-bond acceptors (Lipinski definition) is 3. The molecule has 7 heteroatoms. The first kappa shape index (κ1) is 21.0. The second kappa shape index (κ2) is 10.7. The van der Waals surface area contributed by atoms with Gasteiger partial charge in [-0.1, -0.05) is 29.4 Å². The Morgan fingerprint density at radius 2 is 2.04 bits per heavy atom. The van der Waals surface area contributed by atoms with Crippen molar-refractivity contribution in [3.8, 4) is 0 Å². The van der Waals surface area contributed by atoms with Crippen molar-refractivity contribution in [2.24, 2.45) is 0 Å². The van der Waals surface area contributed by atoms with Gasteiger partial charge in [-0.15, -0.1) is 12.4 Å². The lowest BCUT2D eigenvalue weighted by molar-refractivity contribution is -0.117. The van der Waals surface area contributed by atoms with Crippen LogP contribution in [0.2, 0.25) is 0 Å². The van der Waals surface area contributed by atoms with E-state index in [4.69, 9.17) is 0 Å². The van der Waals surface area contributed by atoms with Gasteiger partial charge in [0.25, 0.3) is 0 Å². The van der Waals surface area contributed by atoms with E-state index in [0.29, 0.717) is 17.7 Å². The summed E-state index contributed by atoms with van der Waals surface area (Å²) in [6.45, 7) is 4.90. The molecule has 1 aliphatic rings. The Balaban J connectivity index is 0.00000288. The van der Waals surface area contributed by atoms with E-state index in [-0.39, 0.29) is 24.1 Å². The molecule has 0 atom stereocenters. The van der Waals surface area contributed by atoms with Gasteiger partial charge in [0.1, 0.15) is 17.3 Å². The van der Waals surface area contributed by atoms with Crippen molar-refractivity contribution in [2.45, 2.75) is 13.3 Å². The van der Waals surface area contributed by atoms with Crippen LogP contribution in [0.25, 0.3) is 6.08 Å². The van der Waals surface area contributed by atoms with Gasteiger partial charge in [0.2, 0.25) is 5.91 Å². The Bertz CT molecular complexity index is 563. The van der Waals surface area contributed by atoms with Crippen molar-refractivity contribution in [3.63, 3.8) is 0 Å². The molecule has 0 bridgehead atoms. The van der Waals surface area contributed by atoms with Crippen molar-refractivity contribution in [1.82, 2.24) is 10.2 Å². The average molecular weight is 375 g/mol. The molecule has 0 aromatic heterocycles. The van der Waals surface area contributed by atoms with E-state index in [9.17, 15) is 13.7 Å². The summed E-state index contributed by atoms with van der Waals surface area (Å²) >= 11 is -0.653. The van der Waals surface area contributed by atoms with Gasteiger partial charge in [-0.05, 0) is 25.5 Å². The van der Waals surface area contributed by atoms with Crippen molar-refractivity contribution in [1.29, 1.82) is 0 Å². The van der Waals surface area contributed by atoms with Crippen molar-refractivity contribution in [2.75, 3.05) is 37.7 Å². The molecule has 1 amide bonds. The molecule has 1 aromatic rings. The van der Waals surface area contributed by atoms with Gasteiger partial charge >= 0.3 is 0 Å². The summed E-state index contributed by atoms with van der Waals surface area (Å²) in [6, 6.07) is 6.39. The minimum Gasteiger partial charge on any atom is -0.616 e. The van der Waals surface area contributed by atoms with Gasteiger partial charge in [-0.3, -0.25) is 9.69 Å². The van der Waals surface area contributed by atoms with Gasteiger partial charge in [0.05, 0.1) is 0 Å². The van der Waals surface area contributed by atoms with Crippen LogP contribution in [0.3, 0.4) is 0 Å². The summed E-state index contributed by atoms with van der Waals surface area (Å²) in [6.07, 6.45) is 2.41. The van der Waals surface area contributed by atoms with E-state index in [1.807, 2.05) is 0 Å². The zero-order valence-corrected chi connectivity index (χ0v) is 15.4. The Hall–Kier alpha value is -1.08. The van der Waals surface area contributed by atoms with E-state index in [0.717, 1.165) is 37.6 Å². The maximum Gasteiger partial charge on any atom is 0.246 e. The fourth-order valence-electron chi connectivity index (χ4n) is 2.43. The van der Waals surface area contributed by atoms with E-state index in [1.165, 1.54) is 6.07 Å². The third kappa shape index (κ3) is 6.81. The monoisotopic (exact) mass is 374 g/mol. The normalized spacial score (nSPS) is 16.5. The van der Waals surface area contributed by atoms with E-state index in [2.05, 4.69) is 10.2 Å². The second-order valence-corrected chi connectivity index (χ2v) is 7.34. The number of hydrogen-bond donors (Lipinski definition) is 1. The van der Waals surface area contributed by atoms with E-state index < -0.39 is 11.2 Å². The lowest BCUT2D eigenvalue weighted by Crippen LogP contribution is -2.41. The predicted molar refractivity (Wildman–Crippen MR) is 99.2 cm³/mol. The van der Waals surface area contributed by atoms with Crippen LogP contribution >= 0.6 is 12.4 Å². The molecule has 4 nitrogen and oxygen atoms in total. The van der Waals surface area contributed by atoms with Crippen LogP contribution in [-0.4, -0.2) is 53.0 Å². The highest BCUT2D eigenvalue weighted by molar-refractivity contribution is 7.91. The predicted octanol–water partition coefficient (Wildman–Crippen LogP) is 2.22. The van der Waals surface area contributed by atoms with E-state index in [1.54, 1.807) is 31.2 Å². The highest BCUT2D eigenvalue weighted by Crippen LogP contribution is 2.11. The number of nitrogens with one attached hydrogen (secondary N) is 1. The third-order valence-corrected chi connectivity index (χ3v) is 5.12. The van der Waals surface area contributed by atoms with Crippen molar-refractivity contribution < 1.29 is 13.7 Å². The number of carbonyl (C=O) groups is 1. The fraction of sp³-hybridized carbons (Fsp3) is 0.471. The van der Waals surface area contributed by atoms with Gasteiger partial charge in [-0.2, -0.15) is 0 Å². The number of nitrogens with zero attached hydrogens (tertiary/aromatic N) is 1. The molecule has 1 aliphatic heterocycles. The molecule has 1 aromatic carbocycles. The first-order valence-corrected chi connectivity index (χ1v) is 9.33. The minimum atomic E-state index is -0.653. The standard InChI is InChI=1S/C17H23FN2O2S.ClH/c1-14(13-15-5-2-3-6-16(15)18)17(21)19-7-4-8-20-9-11-23(22)12-10-20;/h2-3,5-6,13H,4,7-12H2,1H3,(H,19,21);1H/b14-13+;. The molecule has 0 unspecified atom stereocenters. The Kier molecular flexibility index (Phi) is 9.36. The Morgan fingerprint density at radius 3 is 2.71 bits per heavy atom. The van der Waals surface area contributed by atoms with Gasteiger partial charge in [0.15, 0.2) is 0 Å². The molecule has 24 heavy (non-hydrogen) atoms. The SMILES string of the molecule is C/C(=C\c1ccccc1F)C(=O)NCCCN1CC[S+]([O-])CC1.Cl. The van der Waals surface area contributed by atoms with Crippen LogP contribution in [0.1, 0.15) is 18.9 Å². The number of carbonyl (C=O) groups excluding carboxylic acids is 1. The Morgan fingerprint density at radius 1 is 1.38 bits per heavy atom. The summed E-state index contributed by atoms with van der Waals surface area (Å²) < 4.78 is 24.8. The van der Waals surface area contributed by atoms with Crippen molar-refractivity contribution in [3.05, 3.63) is 41.2 Å². The maximum atomic E-state index is 13.5. The summed E-state index contributed by atoms with van der Waals surface area (Å²) in [5.41, 5.74) is 0.907. The van der Waals surface area contributed by atoms with Gasteiger partial charge in [-0.25, -0.2) is 4.39 Å². The minimum absolute atomic E-state index is 0. The largest absolute Gasteiger partial charge is 0.616 e. The number of benzene rings is 1. The van der Waals surface area contributed by atoms with E-state index >= 15 is 0 Å². The number of amides is 1. The molecular weight excluding hydrogens is 351 g/mol. The molecule has 0 radical (unpaired) electrons. The number of halogens is 2. The van der Waals surface area contributed by atoms with Crippen LogP contribution < -0.4 is 5.32 Å². The topological polar surface area (TPSA) is 55.4 Å². The van der Waals surface area contributed by atoms with Crippen LogP contribution in [0.5, 0.6) is 0 Å². The molecule has 0 aliphatic carbocycles. The molecule has 134 valence electrons. The number of rotatable bonds is 6. The average Bonchev–Trinajstić information content (AvgIpc) is 2.55. The summed E-state index contributed by atoms with van der Waals surface area (Å²) in [7, 11) is 0. The molecule has 0 spiro atoms. The summed E-state index contributed by atoms with van der Waals surface area (Å²) in [5.74, 6) is 0.989. The van der Waals surface area contributed by atoms with Gasteiger partial charge < -0.3 is 9.87 Å². The lowest BCUT2D eigenvalue weighted by Gasteiger charge is -2.27. The first-order valence-electron chi connectivity index (χ1n) is 7.84. The smallest absolute Gasteiger partial charge is 0.246 e. The molecule has 1 fully saturated rings. The Labute approximate surface area is 152 Å². The van der Waals surface area contributed by atoms with Crippen molar-refractivity contribution >= 4 is 35.6 Å². The van der Waals surface area contributed by atoms with Crippen LogP contribution in [0, 0.1) is 5.82 Å². The molecule has 2 rings (SSSR count). The zero-order chi connectivity index (χ0) is 16.7. The molecule has 1 N–H and O–H groups in total. The maximum absolute atomic E-state index is 13.5. The summed E-state index contributed by atoms with van der Waals surface area (Å²) in [5, 5.41) is 2.85. The first-order chi connectivity index (χ1) is 11.1. The zero-order valence-electron chi connectivity index (χ0n) is 13.8. The van der Waals surface area contributed by atoms with Gasteiger partial charge in [0, 0.05) is 37.3 Å². The molecule has 1 saturated heterocycles. The molecular formula is C17H24ClFN2O2S. The van der Waals surface area contributed by atoms with Crippen LogP contribution in [-0.2, 0) is 16.0 Å². The fourth-order valence-corrected chi connectivity index (χ4v) is 3.56. The molecule has 1 heterocycles.